The lowest BCUT2D eigenvalue weighted by molar-refractivity contribution is -0.115. The SMILES string of the molecule is CCOC(=O)c1c(NC(=O)Cc2cccs2)sc(C(=O)Nc2cccc(Cl)c2C)c1C. The predicted molar refractivity (Wildman–Crippen MR) is 126 cm³/mol. The first kappa shape index (κ1) is 23.0. The molecule has 0 aliphatic carbocycles. The lowest BCUT2D eigenvalue weighted by atomic mass is 10.1. The molecule has 0 fully saturated rings. The Morgan fingerprint density at radius 2 is 1.84 bits per heavy atom. The molecule has 9 heteroatoms. The van der Waals surface area contributed by atoms with Crippen molar-refractivity contribution < 1.29 is 19.1 Å². The van der Waals surface area contributed by atoms with E-state index in [1.54, 1.807) is 39.0 Å². The maximum absolute atomic E-state index is 13.0. The molecule has 162 valence electrons. The molecule has 3 rings (SSSR count). The molecule has 1 aromatic carbocycles. The molecule has 0 spiro atoms. The topological polar surface area (TPSA) is 84.5 Å². The molecule has 0 radical (unpaired) electrons. The van der Waals surface area contributed by atoms with Gasteiger partial charge in [0.15, 0.2) is 0 Å². The van der Waals surface area contributed by atoms with Crippen molar-refractivity contribution in [2.75, 3.05) is 17.2 Å². The van der Waals surface area contributed by atoms with E-state index in [0.29, 0.717) is 26.2 Å². The van der Waals surface area contributed by atoms with Gasteiger partial charge >= 0.3 is 5.97 Å². The van der Waals surface area contributed by atoms with Gasteiger partial charge in [0.1, 0.15) is 5.00 Å². The summed E-state index contributed by atoms with van der Waals surface area (Å²) in [6.07, 6.45) is 0.181. The largest absolute Gasteiger partial charge is 0.462 e. The molecule has 0 aliphatic rings. The van der Waals surface area contributed by atoms with Crippen LogP contribution in [0.1, 0.15) is 43.0 Å². The Kier molecular flexibility index (Phi) is 7.48. The zero-order chi connectivity index (χ0) is 22.5. The number of carbonyl (C=O) groups excluding carboxylic acids is 3. The molecule has 6 nitrogen and oxygen atoms in total. The summed E-state index contributed by atoms with van der Waals surface area (Å²) in [5, 5.41) is 8.33. The highest BCUT2D eigenvalue weighted by Gasteiger charge is 2.27. The number of esters is 1. The van der Waals surface area contributed by atoms with Gasteiger partial charge in [0, 0.05) is 15.6 Å². The summed E-state index contributed by atoms with van der Waals surface area (Å²) in [5.41, 5.74) is 1.96. The smallest absolute Gasteiger partial charge is 0.341 e. The van der Waals surface area contributed by atoms with E-state index in [-0.39, 0.29) is 24.5 Å². The first-order valence-corrected chi connectivity index (χ1v) is 11.6. The van der Waals surface area contributed by atoms with Gasteiger partial charge in [-0.15, -0.1) is 22.7 Å². The van der Waals surface area contributed by atoms with Crippen LogP contribution in [-0.2, 0) is 16.0 Å². The summed E-state index contributed by atoms with van der Waals surface area (Å²) in [6, 6.07) is 8.96. The highest BCUT2D eigenvalue weighted by Crippen LogP contribution is 2.35. The molecule has 0 saturated heterocycles. The predicted octanol–water partition coefficient (Wildman–Crippen LogP) is 5.69. The van der Waals surface area contributed by atoms with Crippen molar-refractivity contribution >= 4 is 62.7 Å². The van der Waals surface area contributed by atoms with Crippen LogP contribution in [0, 0.1) is 13.8 Å². The van der Waals surface area contributed by atoms with Gasteiger partial charge in [-0.3, -0.25) is 9.59 Å². The van der Waals surface area contributed by atoms with Gasteiger partial charge in [-0.25, -0.2) is 4.79 Å². The molecular weight excluding hydrogens is 456 g/mol. The van der Waals surface area contributed by atoms with E-state index in [2.05, 4.69) is 10.6 Å². The molecule has 0 saturated carbocycles. The Hall–Kier alpha value is -2.68. The second-order valence-corrected chi connectivity index (χ2v) is 9.11. The molecule has 2 N–H and O–H groups in total. The van der Waals surface area contributed by atoms with Gasteiger partial charge in [-0.05, 0) is 55.5 Å². The van der Waals surface area contributed by atoms with Gasteiger partial charge in [-0.1, -0.05) is 23.7 Å². The molecule has 0 aliphatic heterocycles. The minimum absolute atomic E-state index is 0.180. The van der Waals surface area contributed by atoms with E-state index < -0.39 is 11.9 Å². The number of halogens is 1. The third kappa shape index (κ3) is 5.33. The monoisotopic (exact) mass is 476 g/mol. The number of benzene rings is 1. The average molecular weight is 477 g/mol. The Balaban J connectivity index is 1.90. The van der Waals surface area contributed by atoms with E-state index >= 15 is 0 Å². The molecule has 2 amide bonds. The fraction of sp³-hybridized carbons (Fsp3) is 0.227. The van der Waals surface area contributed by atoms with E-state index in [4.69, 9.17) is 16.3 Å². The van der Waals surface area contributed by atoms with Crippen LogP contribution in [-0.4, -0.2) is 24.4 Å². The average Bonchev–Trinajstić information content (AvgIpc) is 3.33. The molecule has 2 heterocycles. The minimum atomic E-state index is -0.583. The lowest BCUT2D eigenvalue weighted by Crippen LogP contribution is -2.16. The van der Waals surface area contributed by atoms with Crippen molar-refractivity contribution in [3.05, 3.63) is 67.2 Å². The first-order chi connectivity index (χ1) is 14.8. The van der Waals surface area contributed by atoms with Crippen LogP contribution < -0.4 is 10.6 Å². The number of ether oxygens (including phenoxy) is 1. The van der Waals surface area contributed by atoms with Crippen LogP contribution in [0.3, 0.4) is 0 Å². The van der Waals surface area contributed by atoms with Crippen molar-refractivity contribution in [2.24, 2.45) is 0 Å². The Morgan fingerprint density at radius 3 is 2.52 bits per heavy atom. The van der Waals surface area contributed by atoms with Crippen molar-refractivity contribution in [3.8, 4) is 0 Å². The fourth-order valence-electron chi connectivity index (χ4n) is 2.93. The third-order valence-electron chi connectivity index (χ3n) is 4.52. The van der Waals surface area contributed by atoms with Gasteiger partial charge < -0.3 is 15.4 Å². The first-order valence-electron chi connectivity index (χ1n) is 9.51. The number of carbonyl (C=O) groups is 3. The highest BCUT2D eigenvalue weighted by molar-refractivity contribution is 7.19. The molecule has 0 unspecified atom stereocenters. The molecule has 0 atom stereocenters. The standard InChI is InChI=1S/C22H21ClN2O4S2/c1-4-29-22(28)18-13(3)19(20(27)24-16-9-5-8-15(23)12(16)2)31-21(18)25-17(26)11-14-7-6-10-30-14/h5-10H,4,11H2,1-3H3,(H,24,27)(H,25,26). The van der Waals surface area contributed by atoms with Crippen molar-refractivity contribution in [2.45, 2.75) is 27.2 Å². The third-order valence-corrected chi connectivity index (χ3v) is 7.01. The van der Waals surface area contributed by atoms with Crippen LogP contribution in [0.15, 0.2) is 35.7 Å². The number of hydrogen-bond donors (Lipinski definition) is 2. The maximum atomic E-state index is 13.0. The normalized spacial score (nSPS) is 10.6. The fourth-order valence-corrected chi connectivity index (χ4v) is 4.92. The second-order valence-electron chi connectivity index (χ2n) is 6.65. The number of amides is 2. The number of anilines is 2. The summed E-state index contributed by atoms with van der Waals surface area (Å²) in [6.45, 7) is 5.35. The van der Waals surface area contributed by atoms with Gasteiger partial charge in [0.05, 0.1) is 23.5 Å². The lowest BCUT2D eigenvalue weighted by Gasteiger charge is -2.09. The summed E-state index contributed by atoms with van der Waals surface area (Å²) in [5.74, 6) is -1.25. The number of rotatable bonds is 7. The Bertz CT molecular complexity index is 1120. The van der Waals surface area contributed by atoms with Crippen LogP contribution in [0.25, 0.3) is 0 Å². The highest BCUT2D eigenvalue weighted by atomic mass is 35.5. The van der Waals surface area contributed by atoms with Crippen LogP contribution >= 0.6 is 34.3 Å². The second kappa shape index (κ2) is 10.1. The van der Waals surface area contributed by atoms with Gasteiger partial charge in [-0.2, -0.15) is 0 Å². The van der Waals surface area contributed by atoms with Crippen LogP contribution in [0.4, 0.5) is 10.7 Å². The molecule has 3 aromatic rings. The van der Waals surface area contributed by atoms with Crippen molar-refractivity contribution in [1.82, 2.24) is 0 Å². The number of thiophene rings is 2. The Morgan fingerprint density at radius 1 is 1.06 bits per heavy atom. The summed E-state index contributed by atoms with van der Waals surface area (Å²) < 4.78 is 5.15. The van der Waals surface area contributed by atoms with Gasteiger partial charge in [0.25, 0.3) is 5.91 Å². The molecule has 0 bridgehead atoms. The van der Waals surface area contributed by atoms with E-state index in [0.717, 1.165) is 21.8 Å². The number of hydrogen-bond acceptors (Lipinski definition) is 6. The Labute approximate surface area is 193 Å². The molecular formula is C22H21ClN2O4S2. The number of nitrogens with one attached hydrogen (secondary N) is 2. The van der Waals surface area contributed by atoms with Crippen molar-refractivity contribution in [1.29, 1.82) is 0 Å². The summed E-state index contributed by atoms with van der Waals surface area (Å²) in [7, 11) is 0. The maximum Gasteiger partial charge on any atom is 0.341 e. The molecule has 2 aromatic heterocycles. The van der Waals surface area contributed by atoms with Crippen LogP contribution in [0.2, 0.25) is 5.02 Å². The minimum Gasteiger partial charge on any atom is -0.462 e. The summed E-state index contributed by atoms with van der Waals surface area (Å²) >= 11 is 8.66. The summed E-state index contributed by atoms with van der Waals surface area (Å²) in [4.78, 5) is 39.3. The van der Waals surface area contributed by atoms with Gasteiger partial charge in [0.2, 0.25) is 5.91 Å². The van der Waals surface area contributed by atoms with E-state index in [1.807, 2.05) is 17.5 Å². The van der Waals surface area contributed by atoms with Crippen LogP contribution in [0.5, 0.6) is 0 Å². The zero-order valence-corrected chi connectivity index (χ0v) is 19.6. The van der Waals surface area contributed by atoms with Crippen molar-refractivity contribution in [3.63, 3.8) is 0 Å². The van der Waals surface area contributed by atoms with E-state index in [9.17, 15) is 14.4 Å². The quantitative estimate of drug-likeness (QED) is 0.429. The molecule has 31 heavy (non-hydrogen) atoms. The zero-order valence-electron chi connectivity index (χ0n) is 17.2. The van der Waals surface area contributed by atoms with E-state index in [1.165, 1.54) is 11.3 Å².